The fourth-order valence-corrected chi connectivity index (χ4v) is 3.38. The summed E-state index contributed by atoms with van der Waals surface area (Å²) in [5.74, 6) is 0.680. The Hall–Kier alpha value is -0.0800. The Bertz CT molecular complexity index is 291. The zero-order valence-corrected chi connectivity index (χ0v) is 13.1. The highest BCUT2D eigenvalue weighted by molar-refractivity contribution is 5.15. The quantitative estimate of drug-likeness (QED) is 0.778. The molecule has 0 spiro atoms. The molecule has 2 unspecified atom stereocenters. The largest absolute Gasteiger partial charge is 0.330 e. The van der Waals surface area contributed by atoms with Crippen molar-refractivity contribution in [2.75, 3.05) is 13.1 Å². The summed E-state index contributed by atoms with van der Waals surface area (Å²) >= 11 is 0. The van der Waals surface area contributed by atoms with E-state index in [4.69, 9.17) is 5.73 Å². The monoisotopic (exact) mass is 240 g/mol. The van der Waals surface area contributed by atoms with Gasteiger partial charge in [-0.1, -0.05) is 48.5 Å². The third-order valence-corrected chi connectivity index (χ3v) is 6.72. The molecule has 0 bridgehead atoms. The van der Waals surface area contributed by atoms with Gasteiger partial charge in [-0.15, -0.1) is 0 Å². The molecule has 3 N–H and O–H groups in total. The highest BCUT2D eigenvalue weighted by Crippen LogP contribution is 2.58. The van der Waals surface area contributed by atoms with Gasteiger partial charge in [0.1, 0.15) is 0 Å². The van der Waals surface area contributed by atoms with Gasteiger partial charge < -0.3 is 11.1 Å². The van der Waals surface area contributed by atoms with Crippen molar-refractivity contribution in [2.24, 2.45) is 27.9 Å². The molecule has 1 rings (SSSR count). The van der Waals surface area contributed by atoms with E-state index in [1.54, 1.807) is 0 Å². The molecule has 17 heavy (non-hydrogen) atoms. The minimum atomic E-state index is 0.0603. The SMILES string of the molecule is CC1CNC(C)(C(C)(C)CN)C(C)(C)C1(C)C. The average molecular weight is 240 g/mol. The van der Waals surface area contributed by atoms with Crippen molar-refractivity contribution < 1.29 is 0 Å². The molecular formula is C15H32N2. The normalized spacial score (nSPS) is 36.9. The van der Waals surface area contributed by atoms with Crippen LogP contribution in [0.4, 0.5) is 0 Å². The maximum atomic E-state index is 6.03. The van der Waals surface area contributed by atoms with Crippen LogP contribution in [0.1, 0.15) is 55.4 Å². The van der Waals surface area contributed by atoms with Crippen molar-refractivity contribution in [3.8, 4) is 0 Å². The number of nitrogens with one attached hydrogen (secondary N) is 1. The number of nitrogens with two attached hydrogens (primary N) is 1. The van der Waals surface area contributed by atoms with E-state index in [0.29, 0.717) is 17.9 Å². The van der Waals surface area contributed by atoms with E-state index in [-0.39, 0.29) is 16.4 Å². The van der Waals surface area contributed by atoms with Gasteiger partial charge in [0, 0.05) is 5.54 Å². The Morgan fingerprint density at radius 2 is 1.65 bits per heavy atom. The first kappa shape index (κ1) is 15.0. The zero-order valence-electron chi connectivity index (χ0n) is 13.1. The van der Waals surface area contributed by atoms with Crippen LogP contribution in [0.2, 0.25) is 0 Å². The van der Waals surface area contributed by atoms with Crippen LogP contribution < -0.4 is 11.1 Å². The summed E-state index contributed by atoms with van der Waals surface area (Å²) in [6.07, 6.45) is 0. The maximum Gasteiger partial charge on any atom is 0.0272 e. The van der Waals surface area contributed by atoms with Crippen LogP contribution >= 0.6 is 0 Å². The standard InChI is InChI=1S/C15H32N2/c1-11-9-17-15(8,12(2,3)10-16)14(6,7)13(11,4)5/h11,17H,9-10,16H2,1-8H3. The molecule has 2 nitrogen and oxygen atoms in total. The van der Waals surface area contributed by atoms with E-state index in [1.165, 1.54) is 0 Å². The Labute approximate surface area is 108 Å². The van der Waals surface area contributed by atoms with Gasteiger partial charge in [-0.3, -0.25) is 0 Å². The van der Waals surface area contributed by atoms with Crippen molar-refractivity contribution in [3.63, 3.8) is 0 Å². The van der Waals surface area contributed by atoms with Crippen molar-refractivity contribution in [2.45, 2.75) is 60.9 Å². The zero-order chi connectivity index (χ0) is 13.7. The molecule has 0 aromatic heterocycles. The Morgan fingerprint density at radius 1 is 1.18 bits per heavy atom. The summed E-state index contributed by atoms with van der Waals surface area (Å²) < 4.78 is 0. The molecule has 2 atom stereocenters. The van der Waals surface area contributed by atoms with Crippen LogP contribution in [0, 0.1) is 22.2 Å². The van der Waals surface area contributed by atoms with E-state index in [0.717, 1.165) is 6.54 Å². The summed E-state index contributed by atoms with van der Waals surface area (Å²) in [6, 6.07) is 0. The lowest BCUT2D eigenvalue weighted by Crippen LogP contribution is -2.73. The highest BCUT2D eigenvalue weighted by atomic mass is 15.1. The molecule has 1 aliphatic rings. The summed E-state index contributed by atoms with van der Waals surface area (Å²) in [7, 11) is 0. The van der Waals surface area contributed by atoms with Crippen molar-refractivity contribution in [3.05, 3.63) is 0 Å². The summed E-state index contributed by atoms with van der Waals surface area (Å²) in [6.45, 7) is 20.7. The third-order valence-electron chi connectivity index (χ3n) is 6.72. The van der Waals surface area contributed by atoms with Gasteiger partial charge in [-0.25, -0.2) is 0 Å². The Balaban J connectivity index is 3.28. The van der Waals surface area contributed by atoms with Gasteiger partial charge in [0.15, 0.2) is 0 Å². The molecule has 1 saturated heterocycles. The first-order valence-electron chi connectivity index (χ1n) is 6.89. The summed E-state index contributed by atoms with van der Waals surface area (Å²) in [5, 5.41) is 3.80. The lowest BCUT2D eigenvalue weighted by molar-refractivity contribution is -0.118. The van der Waals surface area contributed by atoms with Gasteiger partial charge in [0.25, 0.3) is 0 Å². The summed E-state index contributed by atoms with van der Waals surface area (Å²) in [5.41, 5.74) is 6.68. The molecular weight excluding hydrogens is 208 g/mol. The molecule has 0 amide bonds. The van der Waals surface area contributed by atoms with E-state index in [9.17, 15) is 0 Å². The topological polar surface area (TPSA) is 38.0 Å². The maximum absolute atomic E-state index is 6.03. The number of piperidine rings is 1. The third kappa shape index (κ3) is 1.76. The van der Waals surface area contributed by atoms with Crippen LogP contribution in [0.15, 0.2) is 0 Å². The first-order valence-corrected chi connectivity index (χ1v) is 6.89. The molecule has 0 aromatic rings. The summed E-state index contributed by atoms with van der Waals surface area (Å²) in [4.78, 5) is 0. The molecule has 1 aliphatic heterocycles. The van der Waals surface area contributed by atoms with Crippen LogP contribution in [-0.2, 0) is 0 Å². The predicted octanol–water partition coefficient (Wildman–Crippen LogP) is 3.02. The predicted molar refractivity (Wildman–Crippen MR) is 76.0 cm³/mol. The van der Waals surface area contributed by atoms with Crippen molar-refractivity contribution in [1.82, 2.24) is 5.32 Å². The lowest BCUT2D eigenvalue weighted by atomic mass is 9.46. The van der Waals surface area contributed by atoms with Crippen molar-refractivity contribution >= 4 is 0 Å². The minimum absolute atomic E-state index is 0.0603. The number of hydrogen-bond donors (Lipinski definition) is 2. The van der Waals surface area contributed by atoms with Gasteiger partial charge >= 0.3 is 0 Å². The fourth-order valence-electron chi connectivity index (χ4n) is 3.38. The molecule has 0 radical (unpaired) electrons. The first-order chi connectivity index (χ1) is 7.44. The van der Waals surface area contributed by atoms with Crippen LogP contribution in [-0.4, -0.2) is 18.6 Å². The number of hydrogen-bond acceptors (Lipinski definition) is 2. The second kappa shape index (κ2) is 3.96. The molecule has 2 heteroatoms. The molecule has 0 aliphatic carbocycles. The van der Waals surface area contributed by atoms with Crippen LogP contribution in [0.3, 0.4) is 0 Å². The van der Waals surface area contributed by atoms with E-state index in [1.807, 2.05) is 0 Å². The minimum Gasteiger partial charge on any atom is -0.330 e. The lowest BCUT2D eigenvalue weighted by Gasteiger charge is -2.65. The fraction of sp³-hybridized carbons (Fsp3) is 1.00. The molecule has 0 aromatic carbocycles. The highest BCUT2D eigenvalue weighted by Gasteiger charge is 2.60. The Kier molecular flexibility index (Phi) is 3.49. The molecule has 1 heterocycles. The van der Waals surface area contributed by atoms with Gasteiger partial charge in [0.2, 0.25) is 0 Å². The van der Waals surface area contributed by atoms with Gasteiger partial charge in [-0.2, -0.15) is 0 Å². The smallest absolute Gasteiger partial charge is 0.0272 e. The van der Waals surface area contributed by atoms with Crippen molar-refractivity contribution in [1.29, 1.82) is 0 Å². The van der Waals surface area contributed by atoms with Gasteiger partial charge in [-0.05, 0) is 42.2 Å². The van der Waals surface area contributed by atoms with E-state index >= 15 is 0 Å². The molecule has 1 fully saturated rings. The van der Waals surface area contributed by atoms with E-state index in [2.05, 4.69) is 60.7 Å². The van der Waals surface area contributed by atoms with Gasteiger partial charge in [0.05, 0.1) is 0 Å². The van der Waals surface area contributed by atoms with Crippen LogP contribution in [0.25, 0.3) is 0 Å². The number of rotatable bonds is 2. The Morgan fingerprint density at radius 3 is 2.06 bits per heavy atom. The second-order valence-electron chi connectivity index (χ2n) is 7.84. The second-order valence-corrected chi connectivity index (χ2v) is 7.84. The molecule has 0 saturated carbocycles. The molecule has 102 valence electrons. The average Bonchev–Trinajstić information content (AvgIpc) is 2.22. The van der Waals surface area contributed by atoms with Crippen LogP contribution in [0.5, 0.6) is 0 Å². The van der Waals surface area contributed by atoms with E-state index < -0.39 is 0 Å².